The highest BCUT2D eigenvalue weighted by atomic mass is 16.5. The van der Waals surface area contributed by atoms with Gasteiger partial charge in [0.1, 0.15) is 18.1 Å². The second-order valence-electron chi connectivity index (χ2n) is 5.41. The third-order valence-electron chi connectivity index (χ3n) is 3.68. The van der Waals surface area contributed by atoms with Gasteiger partial charge in [-0.25, -0.2) is 0 Å². The summed E-state index contributed by atoms with van der Waals surface area (Å²) in [6, 6.07) is 15.2. The van der Waals surface area contributed by atoms with Gasteiger partial charge < -0.3 is 19.7 Å². The molecule has 0 fully saturated rings. The molecule has 0 radical (unpaired) electrons. The highest BCUT2D eigenvalue weighted by molar-refractivity contribution is 5.91. The van der Waals surface area contributed by atoms with E-state index in [1.807, 2.05) is 55.6 Å². The van der Waals surface area contributed by atoms with Crippen molar-refractivity contribution >= 4 is 17.3 Å². The number of hydrogen-bond donors (Lipinski definition) is 1. The number of para-hydroxylation sites is 1. The first-order chi connectivity index (χ1) is 11.2. The van der Waals surface area contributed by atoms with Crippen LogP contribution in [0.3, 0.4) is 0 Å². The van der Waals surface area contributed by atoms with E-state index in [1.54, 1.807) is 0 Å². The fourth-order valence-electron chi connectivity index (χ4n) is 2.44. The number of fused-ring (bicyclic) bond motifs is 1. The molecule has 0 aliphatic carbocycles. The molecule has 1 amide bonds. The van der Waals surface area contributed by atoms with Crippen molar-refractivity contribution in [1.29, 1.82) is 0 Å². The maximum absolute atomic E-state index is 12.0. The number of benzene rings is 2. The molecule has 5 heteroatoms. The maximum atomic E-state index is 12.0. The monoisotopic (exact) mass is 312 g/mol. The van der Waals surface area contributed by atoms with E-state index in [-0.39, 0.29) is 5.91 Å². The van der Waals surface area contributed by atoms with E-state index in [0.29, 0.717) is 19.6 Å². The summed E-state index contributed by atoms with van der Waals surface area (Å²) in [6.45, 7) is 1.88. The van der Waals surface area contributed by atoms with Crippen LogP contribution < -0.4 is 19.7 Å². The number of nitrogens with one attached hydrogen (secondary N) is 1. The molecular weight excluding hydrogens is 292 g/mol. The van der Waals surface area contributed by atoms with Crippen LogP contribution in [0.2, 0.25) is 0 Å². The Morgan fingerprint density at radius 1 is 1.26 bits per heavy atom. The number of hydrogen-bond acceptors (Lipinski definition) is 4. The lowest BCUT2D eigenvalue weighted by Gasteiger charge is -2.27. The van der Waals surface area contributed by atoms with Crippen LogP contribution in [0.5, 0.6) is 11.5 Å². The lowest BCUT2D eigenvalue weighted by Crippen LogP contribution is -2.28. The minimum atomic E-state index is -0.0787. The van der Waals surface area contributed by atoms with E-state index < -0.39 is 0 Å². The molecule has 5 nitrogen and oxygen atoms in total. The van der Waals surface area contributed by atoms with Gasteiger partial charge in [0.15, 0.2) is 0 Å². The smallest absolute Gasteiger partial charge is 0.227 e. The lowest BCUT2D eigenvalue weighted by atomic mass is 10.2. The van der Waals surface area contributed by atoms with E-state index in [0.717, 1.165) is 29.4 Å². The summed E-state index contributed by atoms with van der Waals surface area (Å²) in [5, 5.41) is 2.88. The van der Waals surface area contributed by atoms with Crippen LogP contribution >= 0.6 is 0 Å². The van der Waals surface area contributed by atoms with E-state index in [9.17, 15) is 4.79 Å². The van der Waals surface area contributed by atoms with Gasteiger partial charge in [0.25, 0.3) is 0 Å². The van der Waals surface area contributed by atoms with E-state index in [1.165, 1.54) is 0 Å². The molecule has 23 heavy (non-hydrogen) atoms. The van der Waals surface area contributed by atoms with Gasteiger partial charge in [-0.3, -0.25) is 4.79 Å². The maximum Gasteiger partial charge on any atom is 0.227 e. The van der Waals surface area contributed by atoms with E-state index in [4.69, 9.17) is 9.47 Å². The Morgan fingerprint density at radius 2 is 2.09 bits per heavy atom. The van der Waals surface area contributed by atoms with Crippen molar-refractivity contribution in [3.63, 3.8) is 0 Å². The first-order valence-electron chi connectivity index (χ1n) is 7.68. The van der Waals surface area contributed by atoms with E-state index in [2.05, 4.69) is 10.2 Å². The fourth-order valence-corrected chi connectivity index (χ4v) is 2.44. The van der Waals surface area contributed by atoms with Crippen molar-refractivity contribution in [3.05, 3.63) is 48.5 Å². The average Bonchev–Trinajstić information content (AvgIpc) is 2.56. The van der Waals surface area contributed by atoms with Crippen molar-refractivity contribution in [2.45, 2.75) is 6.42 Å². The molecule has 0 aromatic heterocycles. The highest BCUT2D eigenvalue weighted by Gasteiger charge is 2.15. The molecule has 0 saturated heterocycles. The van der Waals surface area contributed by atoms with Crippen LogP contribution in [-0.4, -0.2) is 32.7 Å². The molecule has 2 aromatic rings. The Hall–Kier alpha value is -2.69. The molecule has 1 heterocycles. The topological polar surface area (TPSA) is 50.8 Å². The summed E-state index contributed by atoms with van der Waals surface area (Å²) in [7, 11) is 2.03. The zero-order valence-electron chi connectivity index (χ0n) is 13.1. The second-order valence-corrected chi connectivity index (χ2v) is 5.41. The molecule has 0 bridgehead atoms. The molecule has 1 N–H and O–H groups in total. The van der Waals surface area contributed by atoms with Gasteiger partial charge in [-0.1, -0.05) is 18.2 Å². The Balaban J connectivity index is 1.52. The predicted molar refractivity (Wildman–Crippen MR) is 90.4 cm³/mol. The molecule has 0 saturated carbocycles. The predicted octanol–water partition coefficient (Wildman–Crippen LogP) is 2.92. The first kappa shape index (κ1) is 15.2. The van der Waals surface area contributed by atoms with Crippen molar-refractivity contribution in [1.82, 2.24) is 0 Å². The summed E-state index contributed by atoms with van der Waals surface area (Å²) < 4.78 is 11.2. The first-order valence-corrected chi connectivity index (χ1v) is 7.68. The molecule has 1 aliphatic heterocycles. The summed E-state index contributed by atoms with van der Waals surface area (Å²) in [6.07, 6.45) is 0.298. The Morgan fingerprint density at radius 3 is 2.91 bits per heavy atom. The zero-order valence-corrected chi connectivity index (χ0v) is 13.1. The summed E-state index contributed by atoms with van der Waals surface area (Å²) in [4.78, 5) is 14.1. The minimum absolute atomic E-state index is 0.0787. The number of likely N-dealkylation sites (N-methyl/N-ethyl adjacent to an activating group) is 1. The van der Waals surface area contributed by atoms with Crippen LogP contribution in [0.25, 0.3) is 0 Å². The number of ether oxygens (including phenoxy) is 2. The van der Waals surface area contributed by atoms with Crippen molar-refractivity contribution in [3.8, 4) is 11.5 Å². The number of nitrogens with zero attached hydrogens (tertiary/aromatic N) is 1. The van der Waals surface area contributed by atoms with Crippen molar-refractivity contribution in [2.24, 2.45) is 0 Å². The third kappa shape index (κ3) is 3.94. The van der Waals surface area contributed by atoms with Gasteiger partial charge in [-0.15, -0.1) is 0 Å². The normalized spacial score (nSPS) is 13.0. The largest absolute Gasteiger partial charge is 0.493 e. The van der Waals surface area contributed by atoms with Crippen molar-refractivity contribution in [2.75, 3.05) is 37.0 Å². The van der Waals surface area contributed by atoms with Gasteiger partial charge >= 0.3 is 0 Å². The third-order valence-corrected chi connectivity index (χ3v) is 3.68. The summed E-state index contributed by atoms with van der Waals surface area (Å²) >= 11 is 0. The van der Waals surface area contributed by atoms with Crippen LogP contribution in [0.15, 0.2) is 48.5 Å². The van der Waals surface area contributed by atoms with Gasteiger partial charge in [-0.05, 0) is 24.3 Å². The molecule has 0 unspecified atom stereocenters. The number of carbonyl (C=O) groups is 1. The molecule has 120 valence electrons. The van der Waals surface area contributed by atoms with Crippen molar-refractivity contribution < 1.29 is 14.3 Å². The fraction of sp³-hybridized carbons (Fsp3) is 0.278. The Labute approximate surface area is 135 Å². The Bertz CT molecular complexity index is 673. The summed E-state index contributed by atoms with van der Waals surface area (Å²) in [5.74, 6) is 1.49. The lowest BCUT2D eigenvalue weighted by molar-refractivity contribution is -0.116. The van der Waals surface area contributed by atoms with Gasteiger partial charge in [0.2, 0.25) is 5.91 Å². The molecule has 0 atom stereocenters. The van der Waals surface area contributed by atoms with Gasteiger partial charge in [-0.2, -0.15) is 0 Å². The molecule has 0 spiro atoms. The Kier molecular flexibility index (Phi) is 4.66. The van der Waals surface area contributed by atoms with Crippen LogP contribution in [0.1, 0.15) is 6.42 Å². The highest BCUT2D eigenvalue weighted by Crippen LogP contribution is 2.33. The molecule has 2 aromatic carbocycles. The SMILES string of the molecule is CN1CCOc2cc(NC(=O)CCOc3ccccc3)ccc21. The minimum Gasteiger partial charge on any atom is -0.493 e. The van der Waals surface area contributed by atoms with Gasteiger partial charge in [0, 0.05) is 18.8 Å². The average molecular weight is 312 g/mol. The zero-order chi connectivity index (χ0) is 16.1. The number of rotatable bonds is 5. The van der Waals surface area contributed by atoms with Crippen LogP contribution in [0.4, 0.5) is 11.4 Å². The molecular formula is C18H20N2O3. The van der Waals surface area contributed by atoms with Crippen LogP contribution in [-0.2, 0) is 4.79 Å². The standard InChI is InChI=1S/C18H20N2O3/c1-20-10-12-23-17-13-14(7-8-16(17)20)19-18(21)9-11-22-15-5-3-2-4-6-15/h2-8,13H,9-12H2,1H3,(H,19,21). The number of amides is 1. The van der Waals surface area contributed by atoms with Crippen LogP contribution in [0, 0.1) is 0 Å². The quantitative estimate of drug-likeness (QED) is 0.922. The molecule has 3 rings (SSSR count). The number of carbonyl (C=O) groups excluding carboxylic acids is 1. The number of anilines is 2. The summed E-state index contributed by atoms with van der Waals surface area (Å²) in [5.41, 5.74) is 1.78. The van der Waals surface area contributed by atoms with Gasteiger partial charge in [0.05, 0.1) is 25.3 Å². The second kappa shape index (κ2) is 7.05. The van der Waals surface area contributed by atoms with E-state index >= 15 is 0 Å². The molecule has 1 aliphatic rings.